The lowest BCUT2D eigenvalue weighted by Crippen LogP contribution is -2.16. The summed E-state index contributed by atoms with van der Waals surface area (Å²) in [6, 6.07) is 5.69. The molecule has 1 aromatic rings. The van der Waals surface area contributed by atoms with Crippen molar-refractivity contribution in [2.24, 2.45) is 0 Å². The maximum atomic E-state index is 6.59. The van der Waals surface area contributed by atoms with E-state index in [1.54, 1.807) is 20.5 Å². The van der Waals surface area contributed by atoms with Gasteiger partial charge in [0.05, 0.1) is 18.2 Å². The molecule has 7 heteroatoms. The average molecular weight is 375 g/mol. The molecule has 1 atom stereocenters. The summed E-state index contributed by atoms with van der Waals surface area (Å²) in [6.45, 7) is 4.86. The van der Waals surface area contributed by atoms with Crippen molar-refractivity contribution < 1.29 is 9.47 Å². The molecule has 0 fully saturated rings. The van der Waals surface area contributed by atoms with E-state index in [4.69, 9.17) is 21.1 Å². The van der Waals surface area contributed by atoms with Crippen LogP contribution in [0.2, 0.25) is 5.02 Å². The minimum atomic E-state index is 0.154. The molecule has 1 aromatic carbocycles. The molecule has 0 spiro atoms. The van der Waals surface area contributed by atoms with E-state index >= 15 is 0 Å². The van der Waals surface area contributed by atoms with Gasteiger partial charge in [-0.25, -0.2) is 9.97 Å². The number of imidazole rings is 1. The molecule has 0 aliphatic carbocycles. The van der Waals surface area contributed by atoms with Crippen LogP contribution in [0.3, 0.4) is 0 Å². The Morgan fingerprint density at radius 3 is 2.69 bits per heavy atom. The molecule has 0 bridgehead atoms. The summed E-state index contributed by atoms with van der Waals surface area (Å²) in [6.07, 6.45) is 3.37. The number of hydrogen-bond acceptors (Lipinski definition) is 5. The van der Waals surface area contributed by atoms with Gasteiger partial charge in [-0.3, -0.25) is 4.68 Å². The maximum absolute atomic E-state index is 6.59. The number of benzene rings is 1. The molecule has 0 radical (unpaired) electrons. The van der Waals surface area contributed by atoms with Crippen molar-refractivity contribution in [1.29, 1.82) is 0 Å². The molecule has 3 rings (SSSR count). The molecular weight excluding hydrogens is 352 g/mol. The summed E-state index contributed by atoms with van der Waals surface area (Å²) in [5.74, 6) is 1.34. The lowest BCUT2D eigenvalue weighted by Gasteiger charge is -2.20. The first-order valence-corrected chi connectivity index (χ1v) is 9.03. The van der Waals surface area contributed by atoms with Gasteiger partial charge in [-0.05, 0) is 44.9 Å². The Morgan fingerprint density at radius 1 is 1.23 bits per heavy atom. The zero-order chi connectivity index (χ0) is 18.7. The Kier molecular flexibility index (Phi) is 5.74. The smallest absolute Gasteiger partial charge is 0.200 e. The van der Waals surface area contributed by atoms with Gasteiger partial charge in [0.15, 0.2) is 5.82 Å². The Morgan fingerprint density at radius 2 is 2.04 bits per heavy atom. The molecule has 2 aliphatic rings. The van der Waals surface area contributed by atoms with Crippen LogP contribution in [0, 0.1) is 0 Å². The second kappa shape index (κ2) is 8.01. The molecule has 1 unspecified atom stereocenters. The third-order valence-corrected chi connectivity index (χ3v) is 4.88. The number of fused-ring (bicyclic) bond motifs is 1. The molecule has 138 valence electrons. The number of rotatable bonds is 7. The molecule has 26 heavy (non-hydrogen) atoms. The fraction of sp³-hybridized carbons (Fsp3) is 0.421. The summed E-state index contributed by atoms with van der Waals surface area (Å²) in [7, 11) is 3.35. The molecule has 0 aromatic heterocycles. The highest BCUT2D eigenvalue weighted by atomic mass is 35.5. The van der Waals surface area contributed by atoms with Crippen LogP contribution in [0.5, 0.6) is 5.75 Å². The van der Waals surface area contributed by atoms with Crippen molar-refractivity contribution in [2.45, 2.75) is 39.3 Å². The van der Waals surface area contributed by atoms with E-state index in [9.17, 15) is 0 Å². The SMILES string of the molecule is CCn1nc2ncnc-2c(-c2ccc(OC)cc2Cl)c1CCC(C)OC. The molecule has 6 nitrogen and oxygen atoms in total. The van der Waals surface area contributed by atoms with Crippen molar-refractivity contribution >= 4 is 11.6 Å². The topological polar surface area (TPSA) is 62.1 Å². The van der Waals surface area contributed by atoms with Crippen LogP contribution in [-0.4, -0.2) is 40.1 Å². The molecule has 0 saturated heterocycles. The van der Waals surface area contributed by atoms with Gasteiger partial charge in [0.25, 0.3) is 0 Å². The van der Waals surface area contributed by atoms with Gasteiger partial charge < -0.3 is 9.47 Å². The summed E-state index contributed by atoms with van der Waals surface area (Å²) in [5, 5.41) is 5.26. The van der Waals surface area contributed by atoms with Crippen molar-refractivity contribution in [3.63, 3.8) is 0 Å². The zero-order valence-electron chi connectivity index (χ0n) is 15.5. The Balaban J connectivity index is 2.20. The van der Waals surface area contributed by atoms with E-state index in [1.165, 1.54) is 0 Å². The van der Waals surface area contributed by atoms with Gasteiger partial charge in [0.1, 0.15) is 17.8 Å². The van der Waals surface area contributed by atoms with Gasteiger partial charge in [-0.15, -0.1) is 0 Å². The summed E-state index contributed by atoms with van der Waals surface area (Å²) in [5.41, 5.74) is 3.73. The van der Waals surface area contributed by atoms with Gasteiger partial charge >= 0.3 is 0 Å². The lowest BCUT2D eigenvalue weighted by atomic mass is 9.97. The Hall–Kier alpha value is -2.18. The predicted molar refractivity (Wildman–Crippen MR) is 102 cm³/mol. The van der Waals surface area contributed by atoms with E-state index in [2.05, 4.69) is 28.9 Å². The monoisotopic (exact) mass is 374 g/mol. The molecule has 0 saturated carbocycles. The van der Waals surface area contributed by atoms with Crippen LogP contribution >= 0.6 is 11.6 Å². The number of methoxy groups -OCH3 is 2. The van der Waals surface area contributed by atoms with Crippen molar-refractivity contribution in [2.75, 3.05) is 14.2 Å². The van der Waals surface area contributed by atoms with Crippen LogP contribution < -0.4 is 4.74 Å². The van der Waals surface area contributed by atoms with Crippen molar-refractivity contribution in [1.82, 2.24) is 19.7 Å². The number of aryl methyl sites for hydroxylation is 1. The minimum Gasteiger partial charge on any atom is -0.497 e. The molecule has 0 N–H and O–H groups in total. The summed E-state index contributed by atoms with van der Waals surface area (Å²) in [4.78, 5) is 8.75. The maximum Gasteiger partial charge on any atom is 0.200 e. The molecule has 2 aliphatic heterocycles. The first-order chi connectivity index (χ1) is 12.6. The van der Waals surface area contributed by atoms with Gasteiger partial charge in [-0.1, -0.05) is 11.6 Å². The van der Waals surface area contributed by atoms with Crippen LogP contribution in [-0.2, 0) is 17.7 Å². The second-order valence-corrected chi connectivity index (χ2v) is 6.52. The van der Waals surface area contributed by atoms with Crippen LogP contribution in [0.15, 0.2) is 24.5 Å². The lowest BCUT2D eigenvalue weighted by molar-refractivity contribution is 0.111. The molecule has 0 amide bonds. The van der Waals surface area contributed by atoms with Gasteiger partial charge in [-0.2, -0.15) is 5.10 Å². The van der Waals surface area contributed by atoms with E-state index in [1.807, 2.05) is 22.9 Å². The van der Waals surface area contributed by atoms with Crippen LogP contribution in [0.4, 0.5) is 0 Å². The standard InChI is InChI=1S/C19H23ClN4O2/c1-5-24-16(9-6-12(2)25-3)17(18-19(23-24)22-11-21-18)14-8-7-13(26-4)10-15(14)20/h7-8,10-12H,5-6,9H2,1-4H3. The highest BCUT2D eigenvalue weighted by Crippen LogP contribution is 2.39. The third kappa shape index (κ3) is 3.52. The highest BCUT2D eigenvalue weighted by molar-refractivity contribution is 6.33. The van der Waals surface area contributed by atoms with Gasteiger partial charge in [0, 0.05) is 30.5 Å². The minimum absolute atomic E-state index is 0.154. The largest absolute Gasteiger partial charge is 0.497 e. The number of nitrogens with zero attached hydrogens (tertiary/aromatic N) is 4. The first-order valence-electron chi connectivity index (χ1n) is 8.66. The average Bonchev–Trinajstić information content (AvgIpc) is 3.13. The zero-order valence-corrected chi connectivity index (χ0v) is 16.2. The highest BCUT2D eigenvalue weighted by Gasteiger charge is 2.24. The predicted octanol–water partition coefficient (Wildman–Crippen LogP) is 4.09. The summed E-state index contributed by atoms with van der Waals surface area (Å²) >= 11 is 6.59. The van der Waals surface area contributed by atoms with Crippen LogP contribution in [0.1, 0.15) is 26.0 Å². The van der Waals surface area contributed by atoms with E-state index in [-0.39, 0.29) is 6.10 Å². The third-order valence-electron chi connectivity index (χ3n) is 4.57. The number of halogens is 1. The Labute approximate surface area is 158 Å². The summed E-state index contributed by atoms with van der Waals surface area (Å²) < 4.78 is 12.7. The van der Waals surface area contributed by atoms with E-state index in [0.717, 1.165) is 47.7 Å². The van der Waals surface area contributed by atoms with Crippen molar-refractivity contribution in [3.8, 4) is 28.4 Å². The van der Waals surface area contributed by atoms with Gasteiger partial charge in [0.2, 0.25) is 0 Å². The normalized spacial score (nSPS) is 12.5. The van der Waals surface area contributed by atoms with Crippen LogP contribution in [0.25, 0.3) is 22.6 Å². The molecule has 2 heterocycles. The molecular formula is C19H23ClN4O2. The second-order valence-electron chi connectivity index (χ2n) is 6.11. The first kappa shape index (κ1) is 18.6. The number of hydrogen-bond donors (Lipinski definition) is 0. The fourth-order valence-electron chi connectivity index (χ4n) is 3.03. The Bertz CT molecular complexity index is 865. The number of aromatic nitrogens is 4. The quantitative estimate of drug-likeness (QED) is 0.623. The van der Waals surface area contributed by atoms with Crippen molar-refractivity contribution in [3.05, 3.63) is 35.2 Å². The fourth-order valence-corrected chi connectivity index (χ4v) is 3.30. The van der Waals surface area contributed by atoms with E-state index in [0.29, 0.717) is 10.8 Å². The van der Waals surface area contributed by atoms with E-state index < -0.39 is 0 Å². The number of ether oxygens (including phenoxy) is 2.